The number of hydrogen-bond donors (Lipinski definition) is 1. The van der Waals surface area contributed by atoms with Crippen LogP contribution in [0.15, 0.2) is 82.5 Å². The van der Waals surface area contributed by atoms with Gasteiger partial charge in [0, 0.05) is 24.6 Å². The van der Waals surface area contributed by atoms with Gasteiger partial charge in [0.25, 0.3) is 0 Å². The van der Waals surface area contributed by atoms with Crippen LogP contribution in [0.25, 0.3) is 0 Å². The van der Waals surface area contributed by atoms with Crippen LogP contribution in [0.4, 0.5) is 8.78 Å². The molecule has 0 spiro atoms. The number of halogens is 2. The molecule has 43 heavy (non-hydrogen) atoms. The van der Waals surface area contributed by atoms with E-state index in [1.54, 1.807) is 37.4 Å². The number of hydrogen-bond acceptors (Lipinski definition) is 6. The molecule has 230 valence electrons. The van der Waals surface area contributed by atoms with E-state index in [-0.39, 0.29) is 23.2 Å². The topological polar surface area (TPSA) is 93.1 Å². The van der Waals surface area contributed by atoms with Gasteiger partial charge in [0.05, 0.1) is 16.9 Å². The summed E-state index contributed by atoms with van der Waals surface area (Å²) in [6.07, 6.45) is 3.21. The number of aliphatic carboxylic acids is 1. The van der Waals surface area contributed by atoms with E-state index in [1.165, 1.54) is 34.3 Å². The summed E-state index contributed by atoms with van der Waals surface area (Å²) in [7, 11) is -2.60. The van der Waals surface area contributed by atoms with Gasteiger partial charge in [0.15, 0.2) is 0 Å². The largest absolute Gasteiger partial charge is 0.497 e. The third-order valence-electron chi connectivity index (χ3n) is 7.41. The van der Waals surface area contributed by atoms with E-state index in [0.29, 0.717) is 41.1 Å². The SMILES string of the molecule is CCCCC1CC(c2ccc(F)cc2)c2cc(SCC)c(O/C=C(\F)C(=O)O)cc2S(=O)(=O)N1Cc1ccc(OC)cc1. The molecule has 1 aliphatic heterocycles. The van der Waals surface area contributed by atoms with Gasteiger partial charge < -0.3 is 14.6 Å². The van der Waals surface area contributed by atoms with E-state index in [2.05, 4.69) is 0 Å². The van der Waals surface area contributed by atoms with Gasteiger partial charge in [-0.1, -0.05) is 51.0 Å². The minimum Gasteiger partial charge on any atom is -0.497 e. The minimum atomic E-state index is -4.16. The normalized spacial score (nSPS) is 18.5. The minimum absolute atomic E-state index is 0.0195. The quantitative estimate of drug-likeness (QED) is 0.126. The lowest BCUT2D eigenvalue weighted by Crippen LogP contribution is -2.39. The third kappa shape index (κ3) is 7.57. The molecule has 0 aromatic heterocycles. The average Bonchev–Trinajstić information content (AvgIpc) is 3.08. The third-order valence-corrected chi connectivity index (χ3v) is 10.3. The number of methoxy groups -OCH3 is 1. The first kappa shape index (κ1) is 32.5. The molecule has 11 heteroatoms. The average molecular weight is 632 g/mol. The van der Waals surface area contributed by atoms with Crippen molar-refractivity contribution in [2.45, 2.75) is 67.8 Å². The van der Waals surface area contributed by atoms with Gasteiger partial charge in [0.1, 0.15) is 23.6 Å². The maximum atomic E-state index is 14.6. The smallest absolute Gasteiger partial charge is 0.368 e. The predicted octanol–water partition coefficient (Wildman–Crippen LogP) is 7.51. The molecule has 1 N–H and O–H groups in total. The van der Waals surface area contributed by atoms with Crippen LogP contribution in [0.5, 0.6) is 11.5 Å². The van der Waals surface area contributed by atoms with Crippen molar-refractivity contribution in [3.8, 4) is 11.5 Å². The number of unbranched alkanes of at least 4 members (excludes halogenated alkanes) is 1. The van der Waals surface area contributed by atoms with Crippen LogP contribution in [-0.4, -0.2) is 42.7 Å². The van der Waals surface area contributed by atoms with Gasteiger partial charge in [-0.05, 0) is 65.6 Å². The molecule has 2 atom stereocenters. The molecule has 0 saturated heterocycles. The summed E-state index contributed by atoms with van der Waals surface area (Å²) in [6, 6.07) is 16.0. The van der Waals surface area contributed by atoms with Crippen LogP contribution in [0.1, 0.15) is 62.1 Å². The van der Waals surface area contributed by atoms with Crippen molar-refractivity contribution < 1.29 is 36.6 Å². The summed E-state index contributed by atoms with van der Waals surface area (Å²) in [5.74, 6) is -2.84. The number of thioether (sulfide) groups is 1. The molecule has 0 amide bonds. The Labute approximate surface area is 255 Å². The van der Waals surface area contributed by atoms with Crippen LogP contribution in [0.3, 0.4) is 0 Å². The summed E-state index contributed by atoms with van der Waals surface area (Å²) >= 11 is 1.36. The molecule has 0 aliphatic carbocycles. The van der Waals surface area contributed by atoms with Crippen molar-refractivity contribution in [2.24, 2.45) is 0 Å². The molecule has 0 saturated carbocycles. The first-order valence-electron chi connectivity index (χ1n) is 14.1. The zero-order chi connectivity index (χ0) is 31.1. The van der Waals surface area contributed by atoms with Crippen LogP contribution in [0.2, 0.25) is 0 Å². The second-order valence-corrected chi connectivity index (χ2v) is 13.4. The van der Waals surface area contributed by atoms with Gasteiger partial charge in [0.2, 0.25) is 15.9 Å². The Bertz CT molecular complexity index is 1560. The Hall–Kier alpha value is -3.41. The van der Waals surface area contributed by atoms with Crippen molar-refractivity contribution in [2.75, 3.05) is 12.9 Å². The highest BCUT2D eigenvalue weighted by molar-refractivity contribution is 7.99. The number of nitrogens with zero attached hydrogens (tertiary/aromatic N) is 1. The summed E-state index contributed by atoms with van der Waals surface area (Å²) in [6.45, 7) is 4.05. The molecule has 0 fully saturated rings. The van der Waals surface area contributed by atoms with Crippen LogP contribution in [0, 0.1) is 5.82 Å². The monoisotopic (exact) mass is 631 g/mol. The molecule has 0 radical (unpaired) electrons. The van der Waals surface area contributed by atoms with E-state index in [4.69, 9.17) is 14.6 Å². The number of sulfonamides is 1. The molecular weight excluding hydrogens is 596 g/mol. The molecule has 3 aromatic rings. The molecular formula is C32H35F2NO6S2. The van der Waals surface area contributed by atoms with E-state index in [1.807, 2.05) is 26.0 Å². The van der Waals surface area contributed by atoms with Crippen molar-refractivity contribution in [3.63, 3.8) is 0 Å². The summed E-state index contributed by atoms with van der Waals surface area (Å²) < 4.78 is 69.3. The fraction of sp³-hybridized carbons (Fsp3) is 0.344. The second-order valence-electron chi connectivity index (χ2n) is 10.2. The molecule has 1 heterocycles. The van der Waals surface area contributed by atoms with Gasteiger partial charge in [-0.2, -0.15) is 8.70 Å². The molecule has 0 bridgehead atoms. The first-order chi connectivity index (χ1) is 20.6. The maximum absolute atomic E-state index is 14.6. The molecule has 2 unspecified atom stereocenters. The molecule has 7 nitrogen and oxygen atoms in total. The zero-order valence-corrected chi connectivity index (χ0v) is 25.9. The van der Waals surface area contributed by atoms with Crippen LogP contribution in [-0.2, 0) is 21.4 Å². The van der Waals surface area contributed by atoms with E-state index < -0.39 is 33.6 Å². The first-order valence-corrected chi connectivity index (χ1v) is 16.5. The predicted molar refractivity (Wildman–Crippen MR) is 162 cm³/mol. The highest BCUT2D eigenvalue weighted by Crippen LogP contribution is 2.46. The standard InChI is InChI=1S/C32H35F2NO6S2/c1-4-6-7-24-16-26(22-10-12-23(33)13-11-22)27-17-30(42-5-2)29(41-20-28(34)32(36)37)18-31(27)43(38,39)35(24)19-21-8-14-25(40-3)15-9-21/h8-15,17-18,20,24,26H,4-7,16,19H2,1-3H3,(H,36,37)/b28-20-. The number of ether oxygens (including phenoxy) is 2. The van der Waals surface area contributed by atoms with E-state index in [0.717, 1.165) is 24.0 Å². The van der Waals surface area contributed by atoms with E-state index in [9.17, 15) is 22.0 Å². The van der Waals surface area contributed by atoms with Crippen LogP contribution >= 0.6 is 11.8 Å². The summed E-state index contributed by atoms with van der Waals surface area (Å²) in [5, 5.41) is 8.97. The van der Waals surface area contributed by atoms with Crippen molar-refractivity contribution in [1.82, 2.24) is 4.31 Å². The lowest BCUT2D eigenvalue weighted by Gasteiger charge is -2.30. The van der Waals surface area contributed by atoms with Crippen molar-refractivity contribution >= 4 is 27.8 Å². The number of fused-ring (bicyclic) bond motifs is 1. The number of benzene rings is 3. The van der Waals surface area contributed by atoms with Crippen molar-refractivity contribution in [3.05, 3.63) is 95.3 Å². The maximum Gasteiger partial charge on any atom is 0.368 e. The summed E-state index contributed by atoms with van der Waals surface area (Å²) in [4.78, 5) is 11.6. The van der Waals surface area contributed by atoms with E-state index >= 15 is 0 Å². The lowest BCUT2D eigenvalue weighted by molar-refractivity contribution is -0.134. The Kier molecular flexibility index (Phi) is 10.9. The highest BCUT2D eigenvalue weighted by atomic mass is 32.2. The lowest BCUT2D eigenvalue weighted by atomic mass is 9.84. The van der Waals surface area contributed by atoms with Crippen LogP contribution < -0.4 is 9.47 Å². The number of carbonyl (C=O) groups is 1. The van der Waals surface area contributed by atoms with Crippen molar-refractivity contribution in [1.29, 1.82) is 0 Å². The fourth-order valence-electron chi connectivity index (χ4n) is 5.26. The molecule has 4 rings (SSSR count). The number of carboxylic acid groups (broad SMARTS) is 1. The molecule has 3 aromatic carbocycles. The Morgan fingerprint density at radius 3 is 2.42 bits per heavy atom. The second kappa shape index (κ2) is 14.4. The number of rotatable bonds is 12. The van der Waals surface area contributed by atoms with Gasteiger partial charge in [-0.25, -0.2) is 17.6 Å². The highest BCUT2D eigenvalue weighted by Gasteiger charge is 2.40. The zero-order valence-electron chi connectivity index (χ0n) is 24.3. The Morgan fingerprint density at radius 1 is 1.12 bits per heavy atom. The Morgan fingerprint density at radius 2 is 1.81 bits per heavy atom. The van der Waals surface area contributed by atoms with Gasteiger partial charge in [-0.3, -0.25) is 0 Å². The Balaban J connectivity index is 1.94. The molecule has 1 aliphatic rings. The summed E-state index contributed by atoms with van der Waals surface area (Å²) in [5.41, 5.74) is 2.06. The van der Waals surface area contributed by atoms with Gasteiger partial charge >= 0.3 is 5.97 Å². The number of carboxylic acids is 1. The van der Waals surface area contributed by atoms with Gasteiger partial charge in [-0.15, -0.1) is 11.8 Å². The fourth-order valence-corrected chi connectivity index (χ4v) is 7.94.